The molecule has 7 heteroatoms. The lowest BCUT2D eigenvalue weighted by Gasteiger charge is -2.20. The predicted octanol–water partition coefficient (Wildman–Crippen LogP) is -0.0520. The number of nitrogens with zero attached hydrogens (tertiary/aromatic N) is 3. The maximum absolute atomic E-state index is 12.4. The molecule has 7 nitrogen and oxygen atoms in total. The fourth-order valence-corrected chi connectivity index (χ4v) is 1.86. The minimum absolute atomic E-state index is 0.0611. The van der Waals surface area contributed by atoms with Crippen LogP contribution in [0, 0.1) is 0 Å². The number of hydrogen-bond donors (Lipinski definition) is 0. The highest BCUT2D eigenvalue weighted by Crippen LogP contribution is 2.27. The van der Waals surface area contributed by atoms with Crippen molar-refractivity contribution in [2.24, 2.45) is 7.05 Å². The summed E-state index contributed by atoms with van der Waals surface area (Å²) in [5, 5.41) is 3.92. The molecule has 1 aliphatic rings. The van der Waals surface area contributed by atoms with Gasteiger partial charge >= 0.3 is 5.97 Å². The molecule has 1 heterocycles. The Hall–Kier alpha value is -2.18. The maximum Gasteiger partial charge on any atom is 0.325 e. The van der Waals surface area contributed by atoms with Crippen molar-refractivity contribution in [3.05, 3.63) is 28.2 Å². The summed E-state index contributed by atoms with van der Waals surface area (Å²) in [6.07, 6.45) is 1.74. The minimum atomic E-state index is -0.433. The lowest BCUT2D eigenvalue weighted by molar-refractivity contribution is -0.144. The smallest absolute Gasteiger partial charge is 0.325 e. The second kappa shape index (κ2) is 5.85. The van der Waals surface area contributed by atoms with E-state index in [-0.39, 0.29) is 36.4 Å². The standard InChI is InChI=1S/C13H17N3O4/c1-3-20-12(18)8-16(9-4-5-9)13(19)10-6-7-11(17)15(2)14-10/h6-7,9H,3-5,8H2,1-2H3. The lowest BCUT2D eigenvalue weighted by atomic mass is 10.3. The lowest BCUT2D eigenvalue weighted by Crippen LogP contribution is -2.39. The van der Waals surface area contributed by atoms with Crippen molar-refractivity contribution in [2.75, 3.05) is 13.2 Å². The molecule has 0 aromatic carbocycles. The van der Waals surface area contributed by atoms with E-state index < -0.39 is 5.97 Å². The summed E-state index contributed by atoms with van der Waals surface area (Å²) in [7, 11) is 1.48. The molecule has 1 fully saturated rings. The molecular weight excluding hydrogens is 262 g/mol. The fraction of sp³-hybridized carbons (Fsp3) is 0.538. The zero-order valence-corrected chi connectivity index (χ0v) is 11.5. The van der Waals surface area contributed by atoms with E-state index in [1.54, 1.807) is 6.92 Å². The van der Waals surface area contributed by atoms with Crippen LogP contribution in [0.2, 0.25) is 0 Å². The van der Waals surface area contributed by atoms with E-state index in [0.29, 0.717) is 0 Å². The van der Waals surface area contributed by atoms with Crippen molar-refractivity contribution in [2.45, 2.75) is 25.8 Å². The third kappa shape index (κ3) is 3.23. The van der Waals surface area contributed by atoms with Crippen LogP contribution in [-0.2, 0) is 16.6 Å². The highest BCUT2D eigenvalue weighted by atomic mass is 16.5. The maximum atomic E-state index is 12.4. The molecular formula is C13H17N3O4. The van der Waals surface area contributed by atoms with Crippen LogP contribution in [0.3, 0.4) is 0 Å². The largest absolute Gasteiger partial charge is 0.465 e. The number of rotatable bonds is 5. The fourth-order valence-electron chi connectivity index (χ4n) is 1.86. The van der Waals surface area contributed by atoms with Crippen LogP contribution in [0.15, 0.2) is 16.9 Å². The summed E-state index contributed by atoms with van der Waals surface area (Å²) < 4.78 is 5.97. The van der Waals surface area contributed by atoms with E-state index in [1.807, 2.05) is 0 Å². The SMILES string of the molecule is CCOC(=O)CN(C(=O)c1ccc(=O)n(C)n1)C1CC1. The summed E-state index contributed by atoms with van der Waals surface area (Å²) in [6, 6.07) is 2.73. The molecule has 0 saturated heterocycles. The molecule has 0 aliphatic heterocycles. The molecule has 1 saturated carbocycles. The van der Waals surface area contributed by atoms with Gasteiger partial charge in [-0.1, -0.05) is 0 Å². The molecule has 0 bridgehead atoms. The third-order valence-corrected chi connectivity index (χ3v) is 3.03. The Labute approximate surface area is 116 Å². The predicted molar refractivity (Wildman–Crippen MR) is 70.2 cm³/mol. The van der Waals surface area contributed by atoms with Crippen LogP contribution < -0.4 is 5.56 Å². The van der Waals surface area contributed by atoms with Crippen molar-refractivity contribution >= 4 is 11.9 Å². The summed E-state index contributed by atoms with van der Waals surface area (Å²) >= 11 is 0. The van der Waals surface area contributed by atoms with Gasteiger partial charge in [0.05, 0.1) is 6.61 Å². The second-order valence-corrected chi connectivity index (χ2v) is 4.65. The van der Waals surface area contributed by atoms with Crippen LogP contribution in [0.25, 0.3) is 0 Å². The number of ether oxygens (including phenoxy) is 1. The van der Waals surface area contributed by atoms with Crippen molar-refractivity contribution in [3.8, 4) is 0 Å². The van der Waals surface area contributed by atoms with Crippen LogP contribution in [0.5, 0.6) is 0 Å². The number of carbonyl (C=O) groups excluding carboxylic acids is 2. The van der Waals surface area contributed by atoms with Crippen LogP contribution >= 0.6 is 0 Å². The zero-order chi connectivity index (χ0) is 14.7. The monoisotopic (exact) mass is 279 g/mol. The van der Waals surface area contributed by atoms with Crippen LogP contribution in [-0.4, -0.2) is 45.8 Å². The van der Waals surface area contributed by atoms with Crippen molar-refractivity contribution in [1.82, 2.24) is 14.7 Å². The third-order valence-electron chi connectivity index (χ3n) is 3.03. The average Bonchev–Trinajstić information content (AvgIpc) is 3.23. The number of aryl methyl sites for hydroxylation is 1. The number of esters is 1. The van der Waals surface area contributed by atoms with Crippen LogP contribution in [0.4, 0.5) is 0 Å². The van der Waals surface area contributed by atoms with E-state index in [1.165, 1.54) is 24.1 Å². The quantitative estimate of drug-likeness (QED) is 0.706. The van der Waals surface area contributed by atoms with Gasteiger partial charge in [-0.05, 0) is 25.8 Å². The Morgan fingerprint density at radius 3 is 2.70 bits per heavy atom. The molecule has 1 aliphatic carbocycles. The van der Waals surface area contributed by atoms with Gasteiger partial charge in [-0.2, -0.15) is 5.10 Å². The highest BCUT2D eigenvalue weighted by Gasteiger charge is 2.35. The molecule has 1 aromatic heterocycles. The Balaban J connectivity index is 2.16. The van der Waals surface area contributed by atoms with Gasteiger partial charge in [-0.3, -0.25) is 14.4 Å². The first-order chi connectivity index (χ1) is 9.52. The molecule has 20 heavy (non-hydrogen) atoms. The summed E-state index contributed by atoms with van der Waals surface area (Å²) in [4.78, 5) is 36.7. The van der Waals surface area contributed by atoms with Crippen molar-refractivity contribution < 1.29 is 14.3 Å². The van der Waals surface area contributed by atoms with Gasteiger partial charge in [0.1, 0.15) is 12.2 Å². The van der Waals surface area contributed by atoms with Gasteiger partial charge in [0, 0.05) is 19.2 Å². The molecule has 1 aromatic rings. The Bertz CT molecular complexity index is 577. The molecule has 0 N–H and O–H groups in total. The topological polar surface area (TPSA) is 81.5 Å². The van der Waals surface area contributed by atoms with Gasteiger partial charge in [0.2, 0.25) is 0 Å². The molecule has 0 unspecified atom stereocenters. The van der Waals surface area contributed by atoms with Gasteiger partial charge in [-0.25, -0.2) is 4.68 Å². The van der Waals surface area contributed by atoms with E-state index in [0.717, 1.165) is 17.5 Å². The van der Waals surface area contributed by atoms with E-state index >= 15 is 0 Å². The van der Waals surface area contributed by atoms with Gasteiger partial charge in [0.15, 0.2) is 0 Å². The van der Waals surface area contributed by atoms with E-state index in [2.05, 4.69) is 5.10 Å². The van der Waals surface area contributed by atoms with Crippen molar-refractivity contribution in [3.63, 3.8) is 0 Å². The zero-order valence-electron chi connectivity index (χ0n) is 11.5. The van der Waals surface area contributed by atoms with Crippen molar-refractivity contribution in [1.29, 1.82) is 0 Å². The number of amides is 1. The molecule has 2 rings (SSSR count). The summed E-state index contributed by atoms with van der Waals surface area (Å²) in [6.45, 7) is 1.92. The Morgan fingerprint density at radius 1 is 1.45 bits per heavy atom. The number of hydrogen-bond acceptors (Lipinski definition) is 5. The minimum Gasteiger partial charge on any atom is -0.465 e. The first-order valence-corrected chi connectivity index (χ1v) is 6.54. The molecule has 0 radical (unpaired) electrons. The molecule has 108 valence electrons. The normalized spacial score (nSPS) is 13.9. The molecule has 1 amide bonds. The number of carbonyl (C=O) groups is 2. The van der Waals surface area contributed by atoms with E-state index in [4.69, 9.17) is 4.74 Å². The average molecular weight is 279 g/mol. The first kappa shape index (κ1) is 14.2. The number of aromatic nitrogens is 2. The summed E-state index contributed by atoms with van der Waals surface area (Å²) in [5.74, 6) is -0.784. The van der Waals surface area contributed by atoms with Gasteiger partial charge in [0.25, 0.3) is 11.5 Å². The van der Waals surface area contributed by atoms with Crippen LogP contribution in [0.1, 0.15) is 30.3 Å². The first-order valence-electron chi connectivity index (χ1n) is 6.54. The Kier molecular flexibility index (Phi) is 4.16. The highest BCUT2D eigenvalue weighted by molar-refractivity contribution is 5.94. The second-order valence-electron chi connectivity index (χ2n) is 4.65. The van der Waals surface area contributed by atoms with Gasteiger partial charge in [-0.15, -0.1) is 0 Å². The molecule has 0 spiro atoms. The van der Waals surface area contributed by atoms with Gasteiger partial charge < -0.3 is 9.64 Å². The Morgan fingerprint density at radius 2 is 2.15 bits per heavy atom. The van der Waals surface area contributed by atoms with E-state index in [9.17, 15) is 14.4 Å². The summed E-state index contributed by atoms with van der Waals surface area (Å²) in [5.41, 5.74) is -0.131. The molecule has 0 atom stereocenters.